The quantitative estimate of drug-likeness (QED) is 0.708. The molecule has 1 aromatic carbocycles. The number of phenolic OH excluding ortho intramolecular Hbond substituents is 1. The molecular weight excluding hydrogens is 190 g/mol. The standard InChI is InChI=1S/C11H13N3O/c1-12-6-8-7-13-14-11(8)9-4-2-3-5-10(9)15/h2-5,7,12,15H,6H2,1H3,(H,13,14). The molecular formula is C11H13N3O. The third-order valence-corrected chi connectivity index (χ3v) is 2.26. The van der Waals surface area contributed by atoms with E-state index in [-0.39, 0.29) is 5.75 Å². The Bertz CT molecular complexity index is 451. The first-order valence-corrected chi connectivity index (χ1v) is 4.78. The number of para-hydroxylation sites is 1. The third kappa shape index (κ3) is 1.85. The van der Waals surface area contributed by atoms with Gasteiger partial charge in [-0.2, -0.15) is 5.10 Å². The molecule has 0 radical (unpaired) electrons. The molecule has 4 nitrogen and oxygen atoms in total. The summed E-state index contributed by atoms with van der Waals surface area (Å²) in [5.74, 6) is 0.263. The number of H-pyrrole nitrogens is 1. The van der Waals surface area contributed by atoms with Crippen molar-refractivity contribution < 1.29 is 5.11 Å². The molecule has 3 N–H and O–H groups in total. The van der Waals surface area contributed by atoms with Gasteiger partial charge in [-0.3, -0.25) is 5.10 Å². The number of aromatic nitrogens is 2. The van der Waals surface area contributed by atoms with E-state index < -0.39 is 0 Å². The van der Waals surface area contributed by atoms with Gasteiger partial charge in [-0.1, -0.05) is 12.1 Å². The van der Waals surface area contributed by atoms with E-state index in [4.69, 9.17) is 0 Å². The zero-order chi connectivity index (χ0) is 10.7. The Balaban J connectivity index is 2.45. The first kappa shape index (κ1) is 9.73. The van der Waals surface area contributed by atoms with Crippen LogP contribution >= 0.6 is 0 Å². The molecule has 78 valence electrons. The zero-order valence-corrected chi connectivity index (χ0v) is 8.49. The van der Waals surface area contributed by atoms with Crippen LogP contribution in [0.15, 0.2) is 30.5 Å². The second kappa shape index (κ2) is 4.14. The Morgan fingerprint density at radius 3 is 2.93 bits per heavy atom. The van der Waals surface area contributed by atoms with Crippen LogP contribution in [0.5, 0.6) is 5.75 Å². The van der Waals surface area contributed by atoms with Crippen molar-refractivity contribution in [3.8, 4) is 17.0 Å². The molecule has 0 aliphatic heterocycles. The van der Waals surface area contributed by atoms with Crippen molar-refractivity contribution in [2.24, 2.45) is 0 Å². The van der Waals surface area contributed by atoms with Gasteiger partial charge >= 0.3 is 0 Å². The highest BCUT2D eigenvalue weighted by Gasteiger charge is 2.09. The smallest absolute Gasteiger partial charge is 0.124 e. The second-order valence-corrected chi connectivity index (χ2v) is 3.32. The number of hydrogen-bond donors (Lipinski definition) is 3. The first-order chi connectivity index (χ1) is 7.33. The Morgan fingerprint density at radius 2 is 2.20 bits per heavy atom. The molecule has 0 amide bonds. The van der Waals surface area contributed by atoms with E-state index in [0.717, 1.165) is 23.4 Å². The van der Waals surface area contributed by atoms with Gasteiger partial charge in [0, 0.05) is 17.7 Å². The summed E-state index contributed by atoms with van der Waals surface area (Å²) >= 11 is 0. The molecule has 4 heteroatoms. The fraction of sp³-hybridized carbons (Fsp3) is 0.182. The topological polar surface area (TPSA) is 60.9 Å². The number of phenols is 1. The summed E-state index contributed by atoms with van der Waals surface area (Å²) in [6.07, 6.45) is 1.76. The van der Waals surface area contributed by atoms with Crippen LogP contribution in [0.2, 0.25) is 0 Å². The van der Waals surface area contributed by atoms with Crippen molar-refractivity contribution in [1.82, 2.24) is 15.5 Å². The van der Waals surface area contributed by atoms with Gasteiger partial charge in [0.05, 0.1) is 11.9 Å². The van der Waals surface area contributed by atoms with Crippen LogP contribution in [-0.4, -0.2) is 22.4 Å². The normalized spacial score (nSPS) is 10.5. The predicted molar refractivity (Wildman–Crippen MR) is 58.5 cm³/mol. The minimum absolute atomic E-state index is 0.263. The summed E-state index contributed by atoms with van der Waals surface area (Å²) in [4.78, 5) is 0. The number of aromatic hydroxyl groups is 1. The van der Waals surface area contributed by atoms with Gasteiger partial charge in [0.25, 0.3) is 0 Å². The number of nitrogens with zero attached hydrogens (tertiary/aromatic N) is 1. The molecule has 2 aromatic rings. The number of nitrogens with one attached hydrogen (secondary N) is 2. The predicted octanol–water partition coefficient (Wildman–Crippen LogP) is 1.50. The summed E-state index contributed by atoms with van der Waals surface area (Å²) < 4.78 is 0. The van der Waals surface area contributed by atoms with Crippen LogP contribution in [-0.2, 0) is 6.54 Å². The van der Waals surface area contributed by atoms with E-state index in [1.807, 2.05) is 19.2 Å². The van der Waals surface area contributed by atoms with E-state index in [0.29, 0.717) is 0 Å². The minimum Gasteiger partial charge on any atom is -0.507 e. The van der Waals surface area contributed by atoms with Crippen LogP contribution in [0.4, 0.5) is 0 Å². The molecule has 0 atom stereocenters. The molecule has 1 heterocycles. The lowest BCUT2D eigenvalue weighted by atomic mass is 10.1. The number of benzene rings is 1. The summed E-state index contributed by atoms with van der Waals surface area (Å²) in [5.41, 5.74) is 2.68. The molecule has 0 saturated heterocycles. The number of hydrogen-bond acceptors (Lipinski definition) is 3. The maximum atomic E-state index is 9.71. The van der Waals surface area contributed by atoms with Gasteiger partial charge in [-0.05, 0) is 19.2 Å². The Hall–Kier alpha value is -1.81. The van der Waals surface area contributed by atoms with Crippen molar-refractivity contribution in [2.75, 3.05) is 7.05 Å². The van der Waals surface area contributed by atoms with E-state index in [1.54, 1.807) is 18.3 Å². The monoisotopic (exact) mass is 203 g/mol. The zero-order valence-electron chi connectivity index (χ0n) is 8.49. The van der Waals surface area contributed by atoms with Crippen molar-refractivity contribution in [3.63, 3.8) is 0 Å². The van der Waals surface area contributed by atoms with Crippen LogP contribution in [0.1, 0.15) is 5.56 Å². The van der Waals surface area contributed by atoms with E-state index in [9.17, 15) is 5.11 Å². The highest BCUT2D eigenvalue weighted by molar-refractivity contribution is 5.69. The van der Waals surface area contributed by atoms with E-state index >= 15 is 0 Å². The molecule has 0 unspecified atom stereocenters. The van der Waals surface area contributed by atoms with Crippen molar-refractivity contribution in [1.29, 1.82) is 0 Å². The largest absolute Gasteiger partial charge is 0.507 e. The van der Waals surface area contributed by atoms with Gasteiger partial charge in [0.2, 0.25) is 0 Å². The second-order valence-electron chi connectivity index (χ2n) is 3.32. The molecule has 0 spiro atoms. The average molecular weight is 203 g/mol. The maximum absolute atomic E-state index is 9.71. The molecule has 0 fully saturated rings. The molecule has 0 saturated carbocycles. The van der Waals surface area contributed by atoms with Crippen LogP contribution < -0.4 is 5.32 Å². The third-order valence-electron chi connectivity index (χ3n) is 2.26. The summed E-state index contributed by atoms with van der Waals surface area (Å²) in [7, 11) is 1.88. The lowest BCUT2D eigenvalue weighted by Gasteiger charge is -2.04. The summed E-state index contributed by atoms with van der Waals surface area (Å²) in [6.45, 7) is 0.722. The SMILES string of the molecule is CNCc1cn[nH]c1-c1ccccc1O. The molecule has 2 rings (SSSR count). The van der Waals surface area contributed by atoms with Crippen molar-refractivity contribution in [2.45, 2.75) is 6.54 Å². The lowest BCUT2D eigenvalue weighted by molar-refractivity contribution is 0.477. The summed E-state index contributed by atoms with van der Waals surface area (Å²) in [6, 6.07) is 7.22. The van der Waals surface area contributed by atoms with Gasteiger partial charge in [-0.25, -0.2) is 0 Å². The highest BCUT2D eigenvalue weighted by Crippen LogP contribution is 2.29. The molecule has 0 aliphatic carbocycles. The number of rotatable bonds is 3. The minimum atomic E-state index is 0.263. The Kier molecular flexibility index (Phi) is 2.69. The van der Waals surface area contributed by atoms with Crippen molar-refractivity contribution >= 4 is 0 Å². The van der Waals surface area contributed by atoms with E-state index in [2.05, 4.69) is 15.5 Å². The van der Waals surface area contributed by atoms with Gasteiger partial charge in [0.1, 0.15) is 5.75 Å². The van der Waals surface area contributed by atoms with Crippen LogP contribution in [0, 0.1) is 0 Å². The van der Waals surface area contributed by atoms with Gasteiger partial charge in [-0.15, -0.1) is 0 Å². The van der Waals surface area contributed by atoms with Crippen LogP contribution in [0.3, 0.4) is 0 Å². The Labute approximate surface area is 88.0 Å². The van der Waals surface area contributed by atoms with Crippen molar-refractivity contribution in [3.05, 3.63) is 36.0 Å². The van der Waals surface area contributed by atoms with E-state index in [1.165, 1.54) is 0 Å². The molecule has 1 aromatic heterocycles. The molecule has 0 bridgehead atoms. The maximum Gasteiger partial charge on any atom is 0.124 e. The first-order valence-electron chi connectivity index (χ1n) is 4.78. The van der Waals surface area contributed by atoms with Crippen LogP contribution in [0.25, 0.3) is 11.3 Å². The molecule has 0 aliphatic rings. The summed E-state index contributed by atoms with van der Waals surface area (Å²) in [5, 5.41) is 19.6. The number of aromatic amines is 1. The lowest BCUT2D eigenvalue weighted by Crippen LogP contribution is -2.05. The fourth-order valence-electron chi connectivity index (χ4n) is 1.55. The molecule has 15 heavy (non-hydrogen) atoms. The fourth-order valence-corrected chi connectivity index (χ4v) is 1.55. The van der Waals surface area contributed by atoms with Gasteiger partial charge in [0.15, 0.2) is 0 Å². The van der Waals surface area contributed by atoms with Gasteiger partial charge < -0.3 is 10.4 Å². The average Bonchev–Trinajstić information content (AvgIpc) is 2.67. The Morgan fingerprint density at radius 1 is 1.40 bits per heavy atom. The highest BCUT2D eigenvalue weighted by atomic mass is 16.3.